The van der Waals surface area contributed by atoms with Crippen molar-refractivity contribution in [2.75, 3.05) is 32.8 Å². The Morgan fingerprint density at radius 3 is 2.82 bits per heavy atom. The maximum Gasteiger partial charge on any atom is 0.325 e. The van der Waals surface area contributed by atoms with Gasteiger partial charge in [0.15, 0.2) is 0 Å². The molecule has 7 heteroatoms. The van der Waals surface area contributed by atoms with Crippen LogP contribution in [0.5, 0.6) is 0 Å². The van der Waals surface area contributed by atoms with Crippen molar-refractivity contribution in [1.82, 2.24) is 15.5 Å². The highest BCUT2D eigenvalue weighted by atomic mass is 16.5. The Hall–Kier alpha value is -1.63. The number of carbonyl (C=O) groups excluding carboxylic acids is 3. The zero-order valence-electron chi connectivity index (χ0n) is 13.1. The van der Waals surface area contributed by atoms with Gasteiger partial charge in [0.25, 0.3) is 0 Å². The molecule has 0 aromatic rings. The summed E-state index contributed by atoms with van der Waals surface area (Å²) in [6.07, 6.45) is 3.70. The highest BCUT2D eigenvalue weighted by Crippen LogP contribution is 2.27. The van der Waals surface area contributed by atoms with Gasteiger partial charge in [-0.2, -0.15) is 0 Å². The number of piperazine rings is 1. The van der Waals surface area contributed by atoms with Gasteiger partial charge in [-0.25, -0.2) is 0 Å². The van der Waals surface area contributed by atoms with Gasteiger partial charge in [-0.05, 0) is 25.7 Å². The molecule has 0 bridgehead atoms. The van der Waals surface area contributed by atoms with Gasteiger partial charge < -0.3 is 20.3 Å². The number of esters is 1. The van der Waals surface area contributed by atoms with Gasteiger partial charge in [0.2, 0.25) is 11.8 Å². The molecule has 2 amide bonds. The number of carbonyl (C=O) groups is 3. The predicted molar refractivity (Wildman–Crippen MR) is 80.0 cm³/mol. The molecule has 2 aliphatic rings. The van der Waals surface area contributed by atoms with E-state index in [4.69, 9.17) is 4.74 Å². The van der Waals surface area contributed by atoms with Crippen molar-refractivity contribution in [3.63, 3.8) is 0 Å². The Balaban J connectivity index is 1.74. The molecule has 0 radical (unpaired) electrons. The van der Waals surface area contributed by atoms with Crippen LogP contribution in [-0.2, 0) is 19.1 Å². The molecule has 0 aromatic heterocycles. The normalized spacial score (nSPS) is 22.1. The minimum absolute atomic E-state index is 0.00978. The molecule has 7 nitrogen and oxygen atoms in total. The van der Waals surface area contributed by atoms with E-state index in [0.29, 0.717) is 19.0 Å². The van der Waals surface area contributed by atoms with Crippen LogP contribution in [0.15, 0.2) is 0 Å². The Morgan fingerprint density at radius 1 is 1.41 bits per heavy atom. The molecule has 0 spiro atoms. The molecule has 0 aromatic carbocycles. The standard InChI is InChI=1S/C15H25N3O4/c1-2-22-14(20)9-17-13(19)8-12-15(21)18(7-6-16-12)10-11-4-3-5-11/h11-12,16H,2-10H2,1H3,(H,17,19). The van der Waals surface area contributed by atoms with Crippen LogP contribution >= 0.6 is 0 Å². The lowest BCUT2D eigenvalue weighted by atomic mass is 9.85. The maximum absolute atomic E-state index is 12.4. The van der Waals surface area contributed by atoms with Gasteiger partial charge in [0.05, 0.1) is 19.1 Å². The average molecular weight is 311 g/mol. The summed E-state index contributed by atoms with van der Waals surface area (Å²) in [7, 11) is 0. The van der Waals surface area contributed by atoms with E-state index < -0.39 is 12.0 Å². The number of nitrogens with zero attached hydrogens (tertiary/aromatic N) is 1. The van der Waals surface area contributed by atoms with Gasteiger partial charge >= 0.3 is 5.97 Å². The van der Waals surface area contributed by atoms with E-state index in [1.165, 1.54) is 19.3 Å². The van der Waals surface area contributed by atoms with Crippen LogP contribution in [0.3, 0.4) is 0 Å². The minimum atomic E-state index is -0.490. The fourth-order valence-electron chi connectivity index (χ4n) is 2.76. The third-order valence-electron chi connectivity index (χ3n) is 4.21. The number of hydrogen-bond acceptors (Lipinski definition) is 5. The molecule has 1 aliphatic carbocycles. The van der Waals surface area contributed by atoms with Gasteiger partial charge in [0.1, 0.15) is 6.54 Å². The molecule has 1 saturated carbocycles. The van der Waals surface area contributed by atoms with E-state index in [2.05, 4.69) is 10.6 Å². The summed E-state index contributed by atoms with van der Waals surface area (Å²) < 4.78 is 4.74. The zero-order chi connectivity index (χ0) is 15.9. The van der Waals surface area contributed by atoms with Gasteiger partial charge in [-0.15, -0.1) is 0 Å². The third kappa shape index (κ3) is 4.69. The van der Waals surface area contributed by atoms with E-state index in [0.717, 1.165) is 6.54 Å². The first-order chi connectivity index (χ1) is 10.6. The maximum atomic E-state index is 12.4. The van der Waals surface area contributed by atoms with Crippen LogP contribution in [0.1, 0.15) is 32.6 Å². The first-order valence-electron chi connectivity index (χ1n) is 8.04. The van der Waals surface area contributed by atoms with Crippen molar-refractivity contribution < 1.29 is 19.1 Å². The lowest BCUT2D eigenvalue weighted by molar-refractivity contribution is -0.143. The van der Waals surface area contributed by atoms with Crippen molar-refractivity contribution in [2.24, 2.45) is 5.92 Å². The Labute approximate surface area is 130 Å². The minimum Gasteiger partial charge on any atom is -0.465 e. The van der Waals surface area contributed by atoms with E-state index >= 15 is 0 Å². The monoisotopic (exact) mass is 311 g/mol. The molecule has 1 atom stereocenters. The fraction of sp³-hybridized carbons (Fsp3) is 0.800. The zero-order valence-corrected chi connectivity index (χ0v) is 13.1. The summed E-state index contributed by atoms with van der Waals surface area (Å²) in [6, 6.07) is -0.490. The number of ether oxygens (including phenoxy) is 1. The summed E-state index contributed by atoms with van der Waals surface area (Å²) in [5.41, 5.74) is 0. The van der Waals surface area contributed by atoms with Crippen LogP contribution in [0, 0.1) is 5.92 Å². The molecular weight excluding hydrogens is 286 g/mol. The number of hydrogen-bond donors (Lipinski definition) is 2. The van der Waals surface area contributed by atoms with Crippen molar-refractivity contribution in [3.8, 4) is 0 Å². The Morgan fingerprint density at radius 2 is 2.18 bits per heavy atom. The summed E-state index contributed by atoms with van der Waals surface area (Å²) in [4.78, 5) is 37.3. The van der Waals surface area contributed by atoms with Crippen LogP contribution < -0.4 is 10.6 Å². The molecule has 1 aliphatic heterocycles. The molecular formula is C15H25N3O4. The Kier molecular flexibility index (Phi) is 6.18. The lowest BCUT2D eigenvalue weighted by Crippen LogP contribution is -2.57. The smallest absolute Gasteiger partial charge is 0.325 e. The predicted octanol–water partition coefficient (Wildman–Crippen LogP) is -0.344. The van der Waals surface area contributed by atoms with Crippen LogP contribution in [0.4, 0.5) is 0 Å². The second-order valence-corrected chi connectivity index (χ2v) is 5.87. The van der Waals surface area contributed by atoms with Crippen molar-refractivity contribution >= 4 is 17.8 Å². The Bertz CT molecular complexity index is 423. The highest BCUT2D eigenvalue weighted by molar-refractivity contribution is 5.90. The first-order valence-corrected chi connectivity index (χ1v) is 8.04. The molecule has 2 fully saturated rings. The largest absolute Gasteiger partial charge is 0.465 e. The first kappa shape index (κ1) is 16.7. The van der Waals surface area contributed by atoms with E-state index in [1.54, 1.807) is 6.92 Å². The average Bonchev–Trinajstić information content (AvgIpc) is 2.44. The molecule has 2 N–H and O–H groups in total. The SMILES string of the molecule is CCOC(=O)CNC(=O)CC1NCCN(CC2CCC2)C1=O. The molecule has 1 saturated heterocycles. The molecule has 2 rings (SSSR count). The molecule has 124 valence electrons. The van der Waals surface area contributed by atoms with Crippen LogP contribution in [-0.4, -0.2) is 61.5 Å². The van der Waals surface area contributed by atoms with Gasteiger partial charge in [-0.3, -0.25) is 14.4 Å². The highest BCUT2D eigenvalue weighted by Gasteiger charge is 2.32. The van der Waals surface area contributed by atoms with Crippen molar-refractivity contribution in [2.45, 2.75) is 38.6 Å². The van der Waals surface area contributed by atoms with Gasteiger partial charge in [0, 0.05) is 19.6 Å². The van der Waals surface area contributed by atoms with E-state index in [1.807, 2.05) is 4.90 Å². The van der Waals surface area contributed by atoms with Crippen molar-refractivity contribution in [1.29, 1.82) is 0 Å². The second-order valence-electron chi connectivity index (χ2n) is 5.87. The topological polar surface area (TPSA) is 87.7 Å². The van der Waals surface area contributed by atoms with Crippen LogP contribution in [0.25, 0.3) is 0 Å². The molecule has 1 heterocycles. The summed E-state index contributed by atoms with van der Waals surface area (Å²) >= 11 is 0. The number of amides is 2. The van der Waals surface area contributed by atoms with Gasteiger partial charge in [-0.1, -0.05) is 6.42 Å². The van der Waals surface area contributed by atoms with Crippen LogP contribution in [0.2, 0.25) is 0 Å². The quantitative estimate of drug-likeness (QED) is 0.628. The van der Waals surface area contributed by atoms with E-state index in [9.17, 15) is 14.4 Å². The van der Waals surface area contributed by atoms with Crippen molar-refractivity contribution in [3.05, 3.63) is 0 Å². The fourth-order valence-corrected chi connectivity index (χ4v) is 2.76. The second kappa shape index (κ2) is 8.12. The number of nitrogens with one attached hydrogen (secondary N) is 2. The lowest BCUT2D eigenvalue weighted by Gasteiger charge is -2.37. The van der Waals surface area contributed by atoms with E-state index in [-0.39, 0.29) is 31.4 Å². The molecule has 22 heavy (non-hydrogen) atoms. The summed E-state index contributed by atoms with van der Waals surface area (Å²) in [6.45, 7) is 4.06. The summed E-state index contributed by atoms with van der Waals surface area (Å²) in [5, 5.41) is 5.57. The third-order valence-corrected chi connectivity index (χ3v) is 4.21. The molecule has 1 unspecified atom stereocenters. The number of rotatable bonds is 7. The summed E-state index contributed by atoms with van der Waals surface area (Å²) in [5.74, 6) is -0.167.